The number of aryl methyl sites for hydroxylation is 4. The molecule has 0 saturated carbocycles. The standard InChI is InChI=1S/C26H26FNO.CH4O/c1-17-6-3-7-18(2)26(17)22-9-4-8-20(15-22)24-12-11-21-14-19(10-5-13-29)23(27)16-25(21)28-24;1-2/h3-4,6-9,13-16,24,28H,5,10-12H2,1-2H3;2H,1H3. The van der Waals surface area contributed by atoms with Crippen LogP contribution in [0.4, 0.5) is 10.1 Å². The van der Waals surface area contributed by atoms with E-state index in [0.717, 1.165) is 37.5 Å². The Balaban J connectivity index is 0.00000132. The van der Waals surface area contributed by atoms with Gasteiger partial charge in [0.15, 0.2) is 0 Å². The highest BCUT2D eigenvalue weighted by atomic mass is 19.1. The van der Waals surface area contributed by atoms with Crippen LogP contribution in [0.5, 0.6) is 0 Å². The van der Waals surface area contributed by atoms with Gasteiger partial charge in [-0.2, -0.15) is 0 Å². The Kier molecular flexibility index (Phi) is 7.59. The molecule has 0 saturated heterocycles. The molecule has 4 rings (SSSR count). The number of aldehydes is 1. The molecule has 1 heterocycles. The van der Waals surface area contributed by atoms with Gasteiger partial charge in [0, 0.05) is 19.2 Å². The summed E-state index contributed by atoms with van der Waals surface area (Å²) >= 11 is 0. The van der Waals surface area contributed by atoms with Crippen LogP contribution in [-0.2, 0) is 17.6 Å². The fourth-order valence-electron chi connectivity index (χ4n) is 4.41. The Morgan fingerprint density at radius 1 is 1.06 bits per heavy atom. The van der Waals surface area contributed by atoms with Gasteiger partial charge in [-0.1, -0.05) is 42.5 Å². The Bertz CT molecular complexity index is 1040. The molecule has 1 aliphatic rings. The number of hydrogen-bond donors (Lipinski definition) is 2. The smallest absolute Gasteiger partial charge is 0.128 e. The van der Waals surface area contributed by atoms with E-state index in [2.05, 4.69) is 61.6 Å². The van der Waals surface area contributed by atoms with E-state index in [1.807, 2.05) is 6.07 Å². The van der Waals surface area contributed by atoms with Crippen LogP contribution < -0.4 is 5.32 Å². The lowest BCUT2D eigenvalue weighted by molar-refractivity contribution is -0.107. The van der Waals surface area contributed by atoms with Gasteiger partial charge in [0.1, 0.15) is 12.1 Å². The maximum atomic E-state index is 14.4. The maximum absolute atomic E-state index is 14.4. The van der Waals surface area contributed by atoms with Crippen molar-refractivity contribution in [1.82, 2.24) is 0 Å². The molecule has 3 aromatic carbocycles. The molecule has 0 aromatic heterocycles. The monoisotopic (exact) mass is 419 g/mol. The van der Waals surface area contributed by atoms with Gasteiger partial charge < -0.3 is 15.2 Å². The average molecular weight is 420 g/mol. The second-order valence-electron chi connectivity index (χ2n) is 7.93. The number of nitrogens with one attached hydrogen (secondary N) is 1. The number of anilines is 1. The molecule has 1 aliphatic heterocycles. The third-order valence-corrected chi connectivity index (χ3v) is 5.89. The molecule has 0 bridgehead atoms. The predicted molar refractivity (Wildman–Crippen MR) is 125 cm³/mol. The van der Waals surface area contributed by atoms with Gasteiger partial charge >= 0.3 is 0 Å². The van der Waals surface area contributed by atoms with E-state index in [1.165, 1.54) is 27.8 Å². The molecule has 0 amide bonds. The van der Waals surface area contributed by atoms with E-state index in [-0.39, 0.29) is 11.9 Å². The molecule has 0 fully saturated rings. The highest BCUT2D eigenvalue weighted by Gasteiger charge is 2.21. The lowest BCUT2D eigenvalue weighted by Crippen LogP contribution is -2.18. The number of fused-ring (bicyclic) bond motifs is 1. The highest BCUT2D eigenvalue weighted by Crippen LogP contribution is 2.36. The van der Waals surface area contributed by atoms with Crippen molar-refractivity contribution >= 4 is 12.0 Å². The second kappa shape index (κ2) is 10.4. The zero-order valence-electron chi connectivity index (χ0n) is 18.4. The van der Waals surface area contributed by atoms with Crippen LogP contribution in [0.3, 0.4) is 0 Å². The van der Waals surface area contributed by atoms with Crippen molar-refractivity contribution in [1.29, 1.82) is 0 Å². The lowest BCUT2D eigenvalue weighted by atomic mass is 9.89. The minimum Gasteiger partial charge on any atom is -0.400 e. The topological polar surface area (TPSA) is 49.3 Å². The SMILES string of the molecule is CO.Cc1cccc(C)c1-c1cccc(C2CCc3cc(CCC=O)c(F)cc3N2)c1. The van der Waals surface area contributed by atoms with Crippen LogP contribution in [0.25, 0.3) is 11.1 Å². The number of hydrogen-bond acceptors (Lipinski definition) is 3. The summed E-state index contributed by atoms with van der Waals surface area (Å²) in [6.45, 7) is 4.30. The Morgan fingerprint density at radius 3 is 2.48 bits per heavy atom. The first kappa shape index (κ1) is 22.7. The number of halogens is 1. The van der Waals surface area contributed by atoms with Crippen molar-refractivity contribution in [2.24, 2.45) is 0 Å². The Hall–Kier alpha value is -2.98. The minimum absolute atomic E-state index is 0.159. The van der Waals surface area contributed by atoms with E-state index >= 15 is 0 Å². The molecule has 3 nitrogen and oxygen atoms in total. The maximum Gasteiger partial charge on any atom is 0.128 e. The van der Waals surface area contributed by atoms with Crippen molar-refractivity contribution in [2.75, 3.05) is 12.4 Å². The zero-order chi connectivity index (χ0) is 22.4. The molecular weight excluding hydrogens is 389 g/mol. The van der Waals surface area contributed by atoms with E-state index in [4.69, 9.17) is 5.11 Å². The molecule has 3 aromatic rings. The molecule has 31 heavy (non-hydrogen) atoms. The zero-order valence-corrected chi connectivity index (χ0v) is 18.4. The van der Waals surface area contributed by atoms with Gasteiger partial charge in [0.05, 0.1) is 6.04 Å². The molecule has 162 valence electrons. The van der Waals surface area contributed by atoms with Crippen LogP contribution in [0.15, 0.2) is 54.6 Å². The van der Waals surface area contributed by atoms with Crippen LogP contribution >= 0.6 is 0 Å². The van der Waals surface area contributed by atoms with E-state index in [0.29, 0.717) is 18.4 Å². The summed E-state index contributed by atoms with van der Waals surface area (Å²) < 4.78 is 14.4. The normalized spacial score (nSPS) is 14.7. The fraction of sp³-hybridized carbons (Fsp3) is 0.296. The molecule has 1 atom stereocenters. The minimum atomic E-state index is -0.233. The molecule has 1 unspecified atom stereocenters. The second-order valence-corrected chi connectivity index (χ2v) is 7.93. The van der Waals surface area contributed by atoms with Gasteiger partial charge in [-0.15, -0.1) is 0 Å². The van der Waals surface area contributed by atoms with Crippen LogP contribution in [-0.4, -0.2) is 18.5 Å². The van der Waals surface area contributed by atoms with Crippen LogP contribution in [0, 0.1) is 19.7 Å². The number of aliphatic hydroxyl groups excluding tert-OH is 1. The van der Waals surface area contributed by atoms with Gasteiger partial charge in [0.2, 0.25) is 0 Å². The molecule has 2 N–H and O–H groups in total. The quantitative estimate of drug-likeness (QED) is 0.503. The molecule has 4 heteroatoms. The summed E-state index contributed by atoms with van der Waals surface area (Å²) in [5.74, 6) is -0.233. The first-order valence-electron chi connectivity index (χ1n) is 10.7. The predicted octanol–water partition coefficient (Wildman–Crippen LogP) is 5.95. The summed E-state index contributed by atoms with van der Waals surface area (Å²) in [5.41, 5.74) is 8.91. The Labute approximate surface area is 184 Å². The van der Waals surface area contributed by atoms with E-state index < -0.39 is 0 Å². The van der Waals surface area contributed by atoms with Crippen LogP contribution in [0.2, 0.25) is 0 Å². The Morgan fingerprint density at radius 2 is 1.77 bits per heavy atom. The van der Waals surface area contributed by atoms with Gasteiger partial charge in [-0.05, 0) is 84.2 Å². The highest BCUT2D eigenvalue weighted by molar-refractivity contribution is 5.71. The summed E-state index contributed by atoms with van der Waals surface area (Å²) in [4.78, 5) is 10.6. The first-order valence-corrected chi connectivity index (χ1v) is 10.7. The fourth-order valence-corrected chi connectivity index (χ4v) is 4.41. The molecular formula is C27H30FNO2. The summed E-state index contributed by atoms with van der Waals surface area (Å²) in [7, 11) is 1.00. The summed E-state index contributed by atoms with van der Waals surface area (Å²) in [5, 5.41) is 10.5. The van der Waals surface area contributed by atoms with Gasteiger partial charge in [-0.3, -0.25) is 0 Å². The average Bonchev–Trinajstić information content (AvgIpc) is 2.79. The number of rotatable bonds is 5. The van der Waals surface area contributed by atoms with Gasteiger partial charge in [-0.25, -0.2) is 4.39 Å². The van der Waals surface area contributed by atoms with E-state index in [1.54, 1.807) is 6.07 Å². The van der Waals surface area contributed by atoms with Crippen molar-refractivity contribution in [3.63, 3.8) is 0 Å². The summed E-state index contributed by atoms with van der Waals surface area (Å²) in [6.07, 6.45) is 3.52. The van der Waals surface area contributed by atoms with Crippen LogP contribution in [0.1, 0.15) is 46.7 Å². The van der Waals surface area contributed by atoms with Gasteiger partial charge in [0.25, 0.3) is 0 Å². The summed E-state index contributed by atoms with van der Waals surface area (Å²) in [6, 6.07) is 18.7. The lowest BCUT2D eigenvalue weighted by Gasteiger charge is -2.28. The molecule has 0 aliphatic carbocycles. The molecule has 0 spiro atoms. The van der Waals surface area contributed by atoms with Crippen molar-refractivity contribution in [2.45, 2.75) is 45.6 Å². The number of carbonyl (C=O) groups excluding carboxylic acids is 1. The third kappa shape index (κ3) is 5.02. The van der Waals surface area contributed by atoms with Crippen molar-refractivity contribution in [3.8, 4) is 11.1 Å². The number of aliphatic hydroxyl groups is 1. The number of carbonyl (C=O) groups is 1. The van der Waals surface area contributed by atoms with E-state index in [9.17, 15) is 9.18 Å². The number of benzene rings is 3. The van der Waals surface area contributed by atoms with Crippen molar-refractivity contribution < 1.29 is 14.3 Å². The first-order chi connectivity index (χ1) is 15.1. The largest absolute Gasteiger partial charge is 0.400 e. The van der Waals surface area contributed by atoms with Crippen molar-refractivity contribution in [3.05, 3.63) is 88.2 Å². The third-order valence-electron chi connectivity index (χ3n) is 5.89. The molecule has 0 radical (unpaired) electrons.